The summed E-state index contributed by atoms with van der Waals surface area (Å²) >= 11 is 0. The van der Waals surface area contributed by atoms with E-state index < -0.39 is 34.5 Å². The zero-order valence-corrected chi connectivity index (χ0v) is 18.2. The average Bonchev–Trinajstić information content (AvgIpc) is 2.74. The summed E-state index contributed by atoms with van der Waals surface area (Å²) < 4.78 is 50.6. The number of carbonyl (C=O) groups is 2. The molecule has 0 aliphatic rings. The second-order valence-corrected chi connectivity index (χ2v) is 8.19. The molecule has 0 aromatic heterocycles. The van der Waals surface area contributed by atoms with Crippen molar-refractivity contribution in [1.82, 2.24) is 0 Å². The van der Waals surface area contributed by atoms with Crippen molar-refractivity contribution < 1.29 is 32.2 Å². The van der Waals surface area contributed by atoms with Crippen molar-refractivity contribution in [3.8, 4) is 6.07 Å². The number of ether oxygens (including phenoxy) is 2. The molecule has 0 spiro atoms. The minimum atomic E-state index is -4.86. The molecule has 170 valence electrons. The Bertz CT molecular complexity index is 1020. The van der Waals surface area contributed by atoms with Crippen molar-refractivity contribution in [2.75, 3.05) is 20.3 Å². The van der Waals surface area contributed by atoms with Crippen molar-refractivity contribution in [2.24, 2.45) is 0 Å². The van der Waals surface area contributed by atoms with Gasteiger partial charge in [-0.1, -0.05) is 63.2 Å². The summed E-state index contributed by atoms with van der Waals surface area (Å²) in [4.78, 5) is 26.5. The molecule has 0 N–H and O–H groups in total. The third-order valence-corrected chi connectivity index (χ3v) is 5.00. The van der Waals surface area contributed by atoms with E-state index in [1.807, 2.05) is 20.8 Å². The fourth-order valence-electron chi connectivity index (χ4n) is 3.18. The summed E-state index contributed by atoms with van der Waals surface area (Å²) in [6.45, 7) is 5.56. The number of methoxy groups -OCH3 is 1. The van der Waals surface area contributed by atoms with E-state index in [4.69, 9.17) is 9.47 Å². The molecule has 5 nitrogen and oxygen atoms in total. The first kappa shape index (κ1) is 25.1. The Morgan fingerprint density at radius 1 is 0.938 bits per heavy atom. The number of hydrogen-bond acceptors (Lipinski definition) is 5. The highest BCUT2D eigenvalue weighted by Crippen LogP contribution is 2.37. The lowest BCUT2D eigenvalue weighted by Crippen LogP contribution is -2.45. The van der Waals surface area contributed by atoms with E-state index in [-0.39, 0.29) is 24.2 Å². The summed E-state index contributed by atoms with van der Waals surface area (Å²) in [6, 6.07) is 11.8. The number of hydrogen-bond donors (Lipinski definition) is 0. The van der Waals surface area contributed by atoms with Crippen LogP contribution < -0.4 is 0 Å². The van der Waals surface area contributed by atoms with Gasteiger partial charge < -0.3 is 9.47 Å². The summed E-state index contributed by atoms with van der Waals surface area (Å²) in [5.41, 5.74) is -4.13. The summed E-state index contributed by atoms with van der Waals surface area (Å²) in [5.74, 6) is -2.57. The maximum atomic E-state index is 13.6. The third kappa shape index (κ3) is 5.00. The Kier molecular flexibility index (Phi) is 7.47. The number of rotatable bonds is 7. The quantitative estimate of drug-likeness (QED) is 0.263. The van der Waals surface area contributed by atoms with Crippen molar-refractivity contribution >= 4 is 11.8 Å². The second kappa shape index (κ2) is 9.53. The first-order chi connectivity index (χ1) is 14.9. The molecular formula is C24H24F3NO4. The van der Waals surface area contributed by atoms with Gasteiger partial charge in [-0.2, -0.15) is 18.4 Å². The van der Waals surface area contributed by atoms with E-state index in [2.05, 4.69) is 0 Å². The van der Waals surface area contributed by atoms with Crippen LogP contribution in [0.4, 0.5) is 13.2 Å². The lowest BCUT2D eigenvalue weighted by atomic mass is 9.73. The predicted octanol–water partition coefficient (Wildman–Crippen LogP) is 4.84. The van der Waals surface area contributed by atoms with E-state index in [9.17, 15) is 28.0 Å². The van der Waals surface area contributed by atoms with Crippen LogP contribution in [0.2, 0.25) is 0 Å². The molecule has 0 bridgehead atoms. The summed E-state index contributed by atoms with van der Waals surface area (Å²) in [5, 5.41) is 10.0. The molecule has 0 heterocycles. The second-order valence-electron chi connectivity index (χ2n) is 8.19. The van der Waals surface area contributed by atoms with E-state index >= 15 is 0 Å². The molecule has 2 rings (SSSR count). The highest BCUT2D eigenvalue weighted by atomic mass is 19.4. The predicted molar refractivity (Wildman–Crippen MR) is 111 cm³/mol. The topological polar surface area (TPSA) is 76.4 Å². The van der Waals surface area contributed by atoms with Crippen LogP contribution in [0.15, 0.2) is 48.5 Å². The molecular weight excluding hydrogens is 423 g/mol. The molecule has 0 unspecified atom stereocenters. The number of ketones is 1. The number of halogens is 3. The van der Waals surface area contributed by atoms with Gasteiger partial charge in [-0.05, 0) is 22.6 Å². The van der Waals surface area contributed by atoms with Crippen LogP contribution in [-0.4, -0.2) is 32.1 Å². The molecule has 2 aromatic carbocycles. The smallest absolute Gasteiger partial charge is 0.417 e. The number of benzene rings is 2. The van der Waals surface area contributed by atoms with Crippen LogP contribution in [0.25, 0.3) is 0 Å². The van der Waals surface area contributed by atoms with Crippen LogP contribution in [0.5, 0.6) is 0 Å². The van der Waals surface area contributed by atoms with E-state index in [0.717, 1.165) is 23.8 Å². The SMILES string of the molecule is COCCOC(=O)[C@](C#N)(C(=O)c1ccccc1C(F)(F)F)c1ccc(C(C)(C)C)cc1. The monoisotopic (exact) mass is 447 g/mol. The van der Waals surface area contributed by atoms with E-state index in [1.54, 1.807) is 18.2 Å². The normalized spacial score (nSPS) is 13.7. The Hall–Kier alpha value is -3.18. The Balaban J connectivity index is 2.71. The van der Waals surface area contributed by atoms with Gasteiger partial charge in [0.25, 0.3) is 0 Å². The molecule has 32 heavy (non-hydrogen) atoms. The van der Waals surface area contributed by atoms with Gasteiger partial charge in [-0.3, -0.25) is 4.79 Å². The largest absolute Gasteiger partial charge is 0.461 e. The number of esters is 1. The molecule has 0 amide bonds. The molecule has 0 saturated carbocycles. The lowest BCUT2D eigenvalue weighted by molar-refractivity contribution is -0.148. The van der Waals surface area contributed by atoms with Gasteiger partial charge in [0.1, 0.15) is 6.61 Å². The van der Waals surface area contributed by atoms with Gasteiger partial charge >= 0.3 is 12.1 Å². The zero-order chi connectivity index (χ0) is 24.2. The summed E-state index contributed by atoms with van der Waals surface area (Å²) in [6.07, 6.45) is -4.86. The van der Waals surface area contributed by atoms with Gasteiger partial charge in [0, 0.05) is 12.7 Å². The van der Waals surface area contributed by atoms with E-state index in [1.165, 1.54) is 25.3 Å². The van der Waals surface area contributed by atoms with Crippen molar-refractivity contribution in [3.05, 3.63) is 70.8 Å². The van der Waals surface area contributed by atoms with Crippen molar-refractivity contribution in [1.29, 1.82) is 5.26 Å². The molecule has 0 aliphatic carbocycles. The number of alkyl halides is 3. The standard InChI is InChI=1S/C24H24F3NO4/c1-22(2,3)16-9-11-17(12-10-16)23(15-28,21(30)32-14-13-31-4)20(29)18-7-5-6-8-19(18)24(25,26)27/h5-12H,13-14H2,1-4H3/t23-/m0/s1. The maximum Gasteiger partial charge on any atom is 0.417 e. The first-order valence-electron chi connectivity index (χ1n) is 9.79. The fraction of sp³-hybridized carbons (Fsp3) is 0.375. The van der Waals surface area contributed by atoms with Crippen LogP contribution in [-0.2, 0) is 31.3 Å². The maximum absolute atomic E-state index is 13.6. The zero-order valence-electron chi connectivity index (χ0n) is 18.2. The molecule has 0 aliphatic heterocycles. The lowest BCUT2D eigenvalue weighted by Gasteiger charge is -2.26. The minimum Gasteiger partial charge on any atom is -0.461 e. The molecule has 0 radical (unpaired) electrons. The molecule has 2 aromatic rings. The number of carbonyl (C=O) groups excluding carboxylic acids is 2. The number of Topliss-reactive ketones (excluding diaryl/α,β-unsaturated/α-hetero) is 1. The highest BCUT2D eigenvalue weighted by molar-refractivity contribution is 6.20. The van der Waals surface area contributed by atoms with Gasteiger partial charge in [0.2, 0.25) is 5.41 Å². The average molecular weight is 447 g/mol. The van der Waals surface area contributed by atoms with Crippen LogP contribution in [0.1, 0.15) is 47.8 Å². The Morgan fingerprint density at radius 2 is 1.50 bits per heavy atom. The Morgan fingerprint density at radius 3 is 2.00 bits per heavy atom. The van der Waals surface area contributed by atoms with Crippen molar-refractivity contribution in [2.45, 2.75) is 37.8 Å². The molecule has 0 saturated heterocycles. The van der Waals surface area contributed by atoms with E-state index in [0.29, 0.717) is 0 Å². The number of nitriles is 1. The summed E-state index contributed by atoms with van der Waals surface area (Å²) in [7, 11) is 1.36. The molecule has 1 atom stereocenters. The Labute approximate surface area is 184 Å². The van der Waals surface area contributed by atoms with Crippen LogP contribution in [0.3, 0.4) is 0 Å². The molecule has 8 heteroatoms. The van der Waals surface area contributed by atoms with Crippen LogP contribution >= 0.6 is 0 Å². The first-order valence-corrected chi connectivity index (χ1v) is 9.79. The minimum absolute atomic E-state index is 0.0104. The van der Waals surface area contributed by atoms with Crippen LogP contribution in [0, 0.1) is 11.3 Å². The van der Waals surface area contributed by atoms with Gasteiger partial charge in [-0.25, -0.2) is 4.79 Å². The van der Waals surface area contributed by atoms with Gasteiger partial charge in [-0.15, -0.1) is 0 Å². The third-order valence-electron chi connectivity index (χ3n) is 5.00. The fourth-order valence-corrected chi connectivity index (χ4v) is 3.18. The van der Waals surface area contributed by atoms with Gasteiger partial charge in [0.15, 0.2) is 5.78 Å². The highest BCUT2D eigenvalue weighted by Gasteiger charge is 2.52. The van der Waals surface area contributed by atoms with Crippen molar-refractivity contribution in [3.63, 3.8) is 0 Å². The molecule has 0 fully saturated rings. The van der Waals surface area contributed by atoms with Gasteiger partial charge in [0.05, 0.1) is 18.2 Å². The number of nitrogens with zero attached hydrogens (tertiary/aromatic N) is 1.